The molecular weight excluding hydrogens is 445 g/mol. The molecule has 4 rings (SSSR count). The van der Waals surface area contributed by atoms with E-state index in [2.05, 4.69) is 21.7 Å². The molecule has 0 amide bonds. The normalized spacial score (nSPS) is 19.4. The third-order valence-corrected chi connectivity index (χ3v) is 5.38. The number of anilines is 1. The van der Waals surface area contributed by atoms with Crippen molar-refractivity contribution in [2.75, 3.05) is 18.0 Å². The summed E-state index contributed by atoms with van der Waals surface area (Å²) < 4.78 is 42.1. The summed E-state index contributed by atoms with van der Waals surface area (Å²) in [6, 6.07) is 1.76. The van der Waals surface area contributed by atoms with Crippen LogP contribution >= 0.6 is 11.6 Å². The van der Waals surface area contributed by atoms with Crippen molar-refractivity contribution >= 4 is 34.9 Å². The second-order valence-corrected chi connectivity index (χ2v) is 7.59. The molecule has 1 aliphatic carbocycles. The Labute approximate surface area is 185 Å². The van der Waals surface area contributed by atoms with Crippen LogP contribution in [-0.4, -0.2) is 44.6 Å². The minimum Gasteiger partial charge on any atom is -0.389 e. The van der Waals surface area contributed by atoms with E-state index in [9.17, 15) is 23.5 Å². The number of hydrogen-bond acceptors (Lipinski definition) is 6. The summed E-state index contributed by atoms with van der Waals surface area (Å²) in [6.07, 6.45) is 1.57. The SMILES string of the molecule is C=CN=C1C=C(F)C=C(Cl)/C1=C\c1c(C)nc2c(C#N)c(C(F)F)nn2c1N1CC(O)C1. The Kier molecular flexibility index (Phi) is 5.62. The van der Waals surface area contributed by atoms with Crippen LogP contribution in [0.5, 0.6) is 0 Å². The van der Waals surface area contributed by atoms with Gasteiger partial charge in [-0.05, 0) is 19.1 Å². The highest BCUT2D eigenvalue weighted by atomic mass is 35.5. The van der Waals surface area contributed by atoms with Gasteiger partial charge >= 0.3 is 0 Å². The number of alkyl halides is 2. The molecule has 0 aromatic carbocycles. The Morgan fingerprint density at radius 3 is 2.72 bits per heavy atom. The fourth-order valence-electron chi connectivity index (χ4n) is 3.60. The first-order valence-corrected chi connectivity index (χ1v) is 9.83. The average molecular weight is 461 g/mol. The Bertz CT molecular complexity index is 1300. The number of fused-ring (bicyclic) bond motifs is 1. The fraction of sp³-hybridized carbons (Fsp3) is 0.238. The van der Waals surface area contributed by atoms with Crippen molar-refractivity contribution in [3.8, 4) is 6.07 Å². The van der Waals surface area contributed by atoms with Crippen LogP contribution in [0.1, 0.15) is 28.9 Å². The molecular formula is C21H16ClF3N6O. The van der Waals surface area contributed by atoms with Gasteiger partial charge in [0.1, 0.15) is 29.0 Å². The highest BCUT2D eigenvalue weighted by Gasteiger charge is 2.32. The summed E-state index contributed by atoms with van der Waals surface area (Å²) in [4.78, 5) is 10.1. The van der Waals surface area contributed by atoms with Gasteiger partial charge in [0.05, 0.1) is 22.5 Å². The molecule has 11 heteroatoms. The van der Waals surface area contributed by atoms with Crippen molar-refractivity contribution < 1.29 is 18.3 Å². The van der Waals surface area contributed by atoms with E-state index in [1.807, 2.05) is 0 Å². The fourth-order valence-corrected chi connectivity index (χ4v) is 3.85. The van der Waals surface area contributed by atoms with Gasteiger partial charge in [0.15, 0.2) is 5.65 Å². The molecule has 0 saturated carbocycles. The summed E-state index contributed by atoms with van der Waals surface area (Å²) in [7, 11) is 0. The van der Waals surface area contributed by atoms with E-state index < -0.39 is 24.1 Å². The lowest BCUT2D eigenvalue weighted by Crippen LogP contribution is -2.52. The smallest absolute Gasteiger partial charge is 0.283 e. The standard InChI is InChI=1S/C21H16ClF3N6O/c1-3-27-17-5-11(23)4-16(22)14(17)6-13-10(2)28-20-15(7-26)18(19(24)25)29-31(20)21(13)30-8-12(32)9-30/h3-6,12,19,32H,1,8-9H2,2H3/b14-6+,27-17?. The summed E-state index contributed by atoms with van der Waals surface area (Å²) in [5.41, 5.74) is 0.407. The molecule has 2 aromatic heterocycles. The highest BCUT2D eigenvalue weighted by molar-refractivity contribution is 6.38. The zero-order valence-corrected chi connectivity index (χ0v) is 17.5. The van der Waals surface area contributed by atoms with Crippen LogP contribution in [0.2, 0.25) is 0 Å². The van der Waals surface area contributed by atoms with E-state index in [1.54, 1.807) is 24.0 Å². The molecule has 0 spiro atoms. The minimum atomic E-state index is -2.97. The second kappa shape index (κ2) is 8.26. The first-order valence-electron chi connectivity index (χ1n) is 9.45. The van der Waals surface area contributed by atoms with E-state index in [4.69, 9.17) is 11.6 Å². The van der Waals surface area contributed by atoms with Crippen LogP contribution in [-0.2, 0) is 0 Å². The number of aliphatic imine (C=N–C) groups is 1. The van der Waals surface area contributed by atoms with Crippen molar-refractivity contribution in [1.29, 1.82) is 5.26 Å². The summed E-state index contributed by atoms with van der Waals surface area (Å²) in [6.45, 7) is 5.63. The lowest BCUT2D eigenvalue weighted by atomic mass is 10.00. The van der Waals surface area contributed by atoms with E-state index in [0.29, 0.717) is 22.6 Å². The molecule has 1 fully saturated rings. The second-order valence-electron chi connectivity index (χ2n) is 7.18. The number of nitriles is 1. The molecule has 1 N–H and O–H groups in total. The molecule has 2 aliphatic rings. The van der Waals surface area contributed by atoms with Gasteiger partial charge in [0, 0.05) is 36.5 Å². The number of aliphatic hydroxyl groups excluding tert-OH is 1. The minimum absolute atomic E-state index is 0.0185. The van der Waals surface area contributed by atoms with E-state index in [1.165, 1.54) is 16.8 Å². The van der Waals surface area contributed by atoms with Gasteiger partial charge in [0.2, 0.25) is 0 Å². The number of rotatable bonds is 4. The lowest BCUT2D eigenvalue weighted by molar-refractivity contribution is 0.139. The molecule has 0 atom stereocenters. The van der Waals surface area contributed by atoms with E-state index in [0.717, 1.165) is 6.08 Å². The van der Waals surface area contributed by atoms with Gasteiger partial charge in [-0.25, -0.2) is 18.2 Å². The Morgan fingerprint density at radius 1 is 1.41 bits per heavy atom. The molecule has 3 heterocycles. The van der Waals surface area contributed by atoms with Crippen LogP contribution in [0, 0.1) is 18.3 Å². The number of halogens is 4. The maximum atomic E-state index is 13.9. The monoisotopic (exact) mass is 460 g/mol. The van der Waals surface area contributed by atoms with Crippen LogP contribution in [0.4, 0.5) is 19.0 Å². The maximum Gasteiger partial charge on any atom is 0.283 e. The Balaban J connectivity index is 2.02. The number of nitrogens with zero attached hydrogens (tertiary/aromatic N) is 6. The molecule has 0 unspecified atom stereocenters. The van der Waals surface area contributed by atoms with Gasteiger partial charge in [-0.2, -0.15) is 14.9 Å². The predicted octanol–water partition coefficient (Wildman–Crippen LogP) is 3.99. The largest absolute Gasteiger partial charge is 0.389 e. The van der Waals surface area contributed by atoms with Gasteiger partial charge in [-0.1, -0.05) is 18.2 Å². The van der Waals surface area contributed by atoms with Gasteiger partial charge in [-0.3, -0.25) is 4.99 Å². The van der Waals surface area contributed by atoms with Crippen molar-refractivity contribution in [2.45, 2.75) is 19.5 Å². The first kappa shape index (κ1) is 21.8. The van der Waals surface area contributed by atoms with Gasteiger partial charge in [0.25, 0.3) is 6.43 Å². The quantitative estimate of drug-likeness (QED) is 0.745. The zero-order valence-electron chi connectivity index (χ0n) is 16.7. The summed E-state index contributed by atoms with van der Waals surface area (Å²) >= 11 is 6.28. The number of allylic oxidation sites excluding steroid dienone is 5. The maximum absolute atomic E-state index is 13.9. The van der Waals surface area contributed by atoms with Crippen LogP contribution in [0.3, 0.4) is 0 Å². The van der Waals surface area contributed by atoms with Crippen molar-refractivity contribution in [3.05, 3.63) is 63.9 Å². The average Bonchev–Trinajstić information content (AvgIpc) is 3.07. The molecule has 0 bridgehead atoms. The van der Waals surface area contributed by atoms with Crippen LogP contribution in [0.15, 0.2) is 46.4 Å². The molecule has 1 aliphatic heterocycles. The molecule has 2 aromatic rings. The van der Waals surface area contributed by atoms with Crippen molar-refractivity contribution in [3.63, 3.8) is 0 Å². The third kappa shape index (κ3) is 3.59. The number of hydrogen-bond donors (Lipinski definition) is 1. The van der Waals surface area contributed by atoms with Crippen molar-refractivity contribution in [2.24, 2.45) is 4.99 Å². The first-order chi connectivity index (χ1) is 15.2. The summed E-state index contributed by atoms with van der Waals surface area (Å²) in [5, 5.41) is 23.3. The molecule has 0 radical (unpaired) electrons. The Morgan fingerprint density at radius 2 is 2.12 bits per heavy atom. The summed E-state index contributed by atoms with van der Waals surface area (Å²) in [5.74, 6) is -0.234. The Hall–Kier alpha value is -3.42. The molecule has 1 saturated heterocycles. The zero-order chi connectivity index (χ0) is 23.2. The molecule has 32 heavy (non-hydrogen) atoms. The number of aryl methyl sites for hydroxylation is 1. The van der Waals surface area contributed by atoms with Gasteiger partial charge < -0.3 is 10.0 Å². The van der Waals surface area contributed by atoms with Crippen LogP contribution in [0.25, 0.3) is 11.7 Å². The van der Waals surface area contributed by atoms with Crippen molar-refractivity contribution in [1.82, 2.24) is 14.6 Å². The lowest BCUT2D eigenvalue weighted by Gasteiger charge is -2.38. The number of β-amino-alcohol motifs (C(OH)–C–C–N with tert-alkyl or cyclic N) is 1. The van der Waals surface area contributed by atoms with E-state index >= 15 is 0 Å². The molecule has 7 nitrogen and oxygen atoms in total. The number of aliphatic hydroxyl groups is 1. The number of aromatic nitrogens is 3. The third-order valence-electron chi connectivity index (χ3n) is 5.06. The molecule has 164 valence electrons. The van der Waals surface area contributed by atoms with Gasteiger partial charge in [-0.15, -0.1) is 0 Å². The topological polar surface area (TPSA) is 89.8 Å². The highest BCUT2D eigenvalue weighted by Crippen LogP contribution is 2.35. The predicted molar refractivity (Wildman–Crippen MR) is 114 cm³/mol. The van der Waals surface area contributed by atoms with E-state index in [-0.39, 0.29) is 35.0 Å². The van der Waals surface area contributed by atoms with Crippen LogP contribution < -0.4 is 4.90 Å².